The highest BCUT2D eigenvalue weighted by atomic mass is 16.6. The molecule has 0 spiro atoms. The van der Waals surface area contributed by atoms with Crippen molar-refractivity contribution in [2.45, 2.75) is 45.6 Å². The van der Waals surface area contributed by atoms with E-state index in [4.69, 9.17) is 18.9 Å². The lowest BCUT2D eigenvalue weighted by Crippen LogP contribution is -2.39. The predicted octanol–water partition coefficient (Wildman–Crippen LogP) is 2.24. The molecule has 1 atom stereocenters. The molecule has 128 valence electrons. The van der Waals surface area contributed by atoms with E-state index < -0.39 is 0 Å². The van der Waals surface area contributed by atoms with E-state index in [2.05, 4.69) is 26.1 Å². The maximum Gasteiger partial charge on any atom is 0.0776 e. The van der Waals surface area contributed by atoms with E-state index in [1.54, 1.807) is 0 Å². The molecule has 0 heterocycles. The van der Waals surface area contributed by atoms with Gasteiger partial charge in [-0.2, -0.15) is 0 Å². The minimum Gasteiger partial charge on any atom is -0.379 e. The van der Waals surface area contributed by atoms with Gasteiger partial charge < -0.3 is 24.3 Å². The molecule has 0 saturated carbocycles. The first kappa shape index (κ1) is 20.8. The van der Waals surface area contributed by atoms with Crippen LogP contribution in [0.1, 0.15) is 40.0 Å². The molecule has 0 saturated heterocycles. The maximum absolute atomic E-state index is 5.85. The lowest BCUT2D eigenvalue weighted by Gasteiger charge is -2.28. The first-order valence-corrected chi connectivity index (χ1v) is 8.20. The van der Waals surface area contributed by atoms with Gasteiger partial charge in [0, 0.05) is 13.2 Å². The van der Waals surface area contributed by atoms with Crippen LogP contribution in [0.2, 0.25) is 0 Å². The standard InChI is InChI=1S/C16H35NO4/c1-5-7-8-18-9-10-19-11-12-20-13-14-21-16(3,6-2)15-17-4/h17H,5-15H2,1-4H3. The summed E-state index contributed by atoms with van der Waals surface area (Å²) in [7, 11) is 1.94. The molecule has 0 aromatic carbocycles. The number of hydrogen-bond donors (Lipinski definition) is 1. The zero-order valence-electron chi connectivity index (χ0n) is 14.4. The van der Waals surface area contributed by atoms with Crippen LogP contribution in [0.4, 0.5) is 0 Å². The molecule has 0 rings (SSSR count). The largest absolute Gasteiger partial charge is 0.379 e. The molecule has 0 radical (unpaired) electrons. The van der Waals surface area contributed by atoms with Crippen LogP contribution in [0.25, 0.3) is 0 Å². The number of ether oxygens (including phenoxy) is 4. The van der Waals surface area contributed by atoms with E-state index in [9.17, 15) is 0 Å². The molecule has 0 aliphatic heterocycles. The molecule has 5 heteroatoms. The van der Waals surface area contributed by atoms with Gasteiger partial charge in [0.1, 0.15) is 0 Å². The van der Waals surface area contributed by atoms with Gasteiger partial charge in [-0.1, -0.05) is 20.3 Å². The van der Waals surface area contributed by atoms with Crippen LogP contribution < -0.4 is 5.32 Å². The van der Waals surface area contributed by atoms with Gasteiger partial charge in [0.2, 0.25) is 0 Å². The summed E-state index contributed by atoms with van der Waals surface area (Å²) < 4.78 is 22.2. The lowest BCUT2D eigenvalue weighted by atomic mass is 10.0. The molecular weight excluding hydrogens is 270 g/mol. The van der Waals surface area contributed by atoms with Crippen molar-refractivity contribution in [2.75, 3.05) is 59.8 Å². The monoisotopic (exact) mass is 305 g/mol. The molecule has 5 nitrogen and oxygen atoms in total. The summed E-state index contributed by atoms with van der Waals surface area (Å²) in [6.45, 7) is 11.8. The Labute approximate surface area is 130 Å². The zero-order valence-corrected chi connectivity index (χ0v) is 14.4. The van der Waals surface area contributed by atoms with Crippen LogP contribution >= 0.6 is 0 Å². The van der Waals surface area contributed by atoms with Gasteiger partial charge in [-0.3, -0.25) is 0 Å². The Bertz CT molecular complexity index is 216. The summed E-state index contributed by atoms with van der Waals surface area (Å²) in [5, 5.41) is 3.15. The number of unbranched alkanes of at least 4 members (excludes halogenated alkanes) is 1. The van der Waals surface area contributed by atoms with E-state index >= 15 is 0 Å². The van der Waals surface area contributed by atoms with Crippen molar-refractivity contribution in [1.82, 2.24) is 5.32 Å². The van der Waals surface area contributed by atoms with Crippen LogP contribution in [0.15, 0.2) is 0 Å². The number of likely N-dealkylation sites (N-methyl/N-ethyl adjacent to an activating group) is 1. The third-order valence-corrected chi connectivity index (χ3v) is 3.36. The van der Waals surface area contributed by atoms with Gasteiger partial charge in [-0.15, -0.1) is 0 Å². The molecule has 0 aromatic heterocycles. The van der Waals surface area contributed by atoms with Crippen molar-refractivity contribution in [3.63, 3.8) is 0 Å². The lowest BCUT2D eigenvalue weighted by molar-refractivity contribution is -0.0630. The van der Waals surface area contributed by atoms with Crippen molar-refractivity contribution in [1.29, 1.82) is 0 Å². The van der Waals surface area contributed by atoms with Crippen LogP contribution in [0.5, 0.6) is 0 Å². The highest BCUT2D eigenvalue weighted by molar-refractivity contribution is 4.75. The Morgan fingerprint density at radius 1 is 0.810 bits per heavy atom. The SMILES string of the molecule is CCCCOCCOCCOCCOC(C)(CC)CNC. The van der Waals surface area contributed by atoms with Gasteiger partial charge in [0.25, 0.3) is 0 Å². The average molecular weight is 305 g/mol. The fourth-order valence-corrected chi connectivity index (χ4v) is 1.79. The van der Waals surface area contributed by atoms with E-state index in [1.807, 2.05) is 7.05 Å². The second-order valence-electron chi connectivity index (χ2n) is 5.37. The van der Waals surface area contributed by atoms with Gasteiger partial charge in [-0.05, 0) is 26.8 Å². The van der Waals surface area contributed by atoms with Crippen molar-refractivity contribution >= 4 is 0 Å². The van der Waals surface area contributed by atoms with E-state index in [0.717, 1.165) is 26.0 Å². The molecule has 21 heavy (non-hydrogen) atoms. The highest BCUT2D eigenvalue weighted by Gasteiger charge is 2.21. The Morgan fingerprint density at radius 2 is 1.33 bits per heavy atom. The van der Waals surface area contributed by atoms with Crippen molar-refractivity contribution in [3.05, 3.63) is 0 Å². The fraction of sp³-hybridized carbons (Fsp3) is 1.00. The van der Waals surface area contributed by atoms with Crippen LogP contribution in [-0.4, -0.2) is 65.4 Å². The van der Waals surface area contributed by atoms with Gasteiger partial charge in [-0.25, -0.2) is 0 Å². The first-order chi connectivity index (χ1) is 10.2. The summed E-state index contributed by atoms with van der Waals surface area (Å²) in [4.78, 5) is 0. The summed E-state index contributed by atoms with van der Waals surface area (Å²) >= 11 is 0. The average Bonchev–Trinajstić information content (AvgIpc) is 2.48. The van der Waals surface area contributed by atoms with Crippen molar-refractivity contribution in [3.8, 4) is 0 Å². The zero-order chi connectivity index (χ0) is 15.8. The number of rotatable bonds is 16. The Balaban J connectivity index is 3.25. The molecule has 1 N–H and O–H groups in total. The van der Waals surface area contributed by atoms with Gasteiger partial charge >= 0.3 is 0 Å². The normalized spacial score (nSPS) is 14.3. The molecule has 0 fully saturated rings. The predicted molar refractivity (Wildman–Crippen MR) is 85.9 cm³/mol. The molecule has 0 bridgehead atoms. The van der Waals surface area contributed by atoms with Crippen LogP contribution in [0.3, 0.4) is 0 Å². The van der Waals surface area contributed by atoms with Crippen LogP contribution in [-0.2, 0) is 18.9 Å². The second kappa shape index (κ2) is 14.7. The van der Waals surface area contributed by atoms with Crippen molar-refractivity contribution in [2.24, 2.45) is 0 Å². The minimum absolute atomic E-state index is 0.107. The number of nitrogens with one attached hydrogen (secondary N) is 1. The second-order valence-corrected chi connectivity index (χ2v) is 5.37. The number of hydrogen-bond acceptors (Lipinski definition) is 5. The molecule has 0 amide bonds. The minimum atomic E-state index is -0.107. The Kier molecular flexibility index (Phi) is 14.6. The Hall–Kier alpha value is -0.200. The first-order valence-electron chi connectivity index (χ1n) is 8.20. The van der Waals surface area contributed by atoms with Gasteiger partial charge in [0.15, 0.2) is 0 Å². The van der Waals surface area contributed by atoms with Gasteiger partial charge in [0.05, 0.1) is 45.2 Å². The molecule has 0 aromatic rings. The van der Waals surface area contributed by atoms with Crippen molar-refractivity contribution < 1.29 is 18.9 Å². The Morgan fingerprint density at radius 3 is 1.81 bits per heavy atom. The third-order valence-electron chi connectivity index (χ3n) is 3.36. The summed E-state index contributed by atoms with van der Waals surface area (Å²) in [5.74, 6) is 0. The summed E-state index contributed by atoms with van der Waals surface area (Å²) in [5.41, 5.74) is -0.107. The molecule has 0 aliphatic rings. The topological polar surface area (TPSA) is 49.0 Å². The van der Waals surface area contributed by atoms with E-state index in [-0.39, 0.29) is 5.60 Å². The van der Waals surface area contributed by atoms with Crippen LogP contribution in [0, 0.1) is 0 Å². The van der Waals surface area contributed by atoms with E-state index in [1.165, 1.54) is 6.42 Å². The highest BCUT2D eigenvalue weighted by Crippen LogP contribution is 2.13. The quantitative estimate of drug-likeness (QED) is 0.443. The van der Waals surface area contributed by atoms with E-state index in [0.29, 0.717) is 39.6 Å². The maximum atomic E-state index is 5.85. The molecule has 0 aliphatic carbocycles. The summed E-state index contributed by atoms with van der Waals surface area (Å²) in [6, 6.07) is 0. The fourth-order valence-electron chi connectivity index (χ4n) is 1.79. The third kappa shape index (κ3) is 13.2. The smallest absolute Gasteiger partial charge is 0.0776 e. The molecular formula is C16H35NO4. The molecule has 1 unspecified atom stereocenters. The summed E-state index contributed by atoms with van der Waals surface area (Å²) in [6.07, 6.45) is 3.27.